The van der Waals surface area contributed by atoms with E-state index in [1.54, 1.807) is 25.3 Å². The molecule has 2 N–H and O–H groups in total. The van der Waals surface area contributed by atoms with Gasteiger partial charge in [-0.05, 0) is 30.8 Å². The van der Waals surface area contributed by atoms with E-state index in [-0.39, 0.29) is 0 Å². The largest absolute Gasteiger partial charge is 0.462 e. The zero-order valence-corrected chi connectivity index (χ0v) is 8.34. The fourth-order valence-corrected chi connectivity index (χ4v) is 1.01. The second kappa shape index (κ2) is 5.41. The van der Waals surface area contributed by atoms with Crippen molar-refractivity contribution in [2.45, 2.75) is 6.92 Å². The molecule has 1 rings (SSSR count). The fraction of sp³-hybridized carbons (Fsp3) is 0.250. The molecule has 0 atom stereocenters. The van der Waals surface area contributed by atoms with E-state index in [9.17, 15) is 4.79 Å². The van der Waals surface area contributed by atoms with E-state index in [0.717, 1.165) is 0 Å². The molecule has 0 aliphatic heterocycles. The van der Waals surface area contributed by atoms with Gasteiger partial charge in [0.2, 0.25) is 0 Å². The van der Waals surface area contributed by atoms with Crippen LogP contribution in [0.4, 0.5) is 5.82 Å². The Morgan fingerprint density at radius 2 is 2.50 bits per heavy atom. The highest BCUT2D eigenvalue weighted by molar-refractivity contribution is 6.14. The summed E-state index contributed by atoms with van der Waals surface area (Å²) < 4.78 is 4.83. The van der Waals surface area contributed by atoms with Gasteiger partial charge in [0.25, 0.3) is 0 Å². The first kappa shape index (κ1) is 10.7. The Morgan fingerprint density at radius 1 is 1.71 bits per heavy atom. The van der Waals surface area contributed by atoms with Crippen LogP contribution in [0.25, 0.3) is 0 Å². The number of halogens is 1. The number of esters is 1. The summed E-state index contributed by atoms with van der Waals surface area (Å²) in [6.07, 6.45) is 1.54. The summed E-state index contributed by atoms with van der Waals surface area (Å²) in [4.78, 5) is 17.5. The van der Waals surface area contributed by atoms with Crippen molar-refractivity contribution in [3.63, 3.8) is 0 Å². The number of nitrogens with one attached hydrogen (secondary N) is 2. The topological polar surface area (TPSA) is 63.2 Å². The minimum absolute atomic E-state index is 0.321. The fourth-order valence-electron chi connectivity index (χ4n) is 0.923. The summed E-state index contributed by atoms with van der Waals surface area (Å²) in [7, 11) is 0. The Balaban J connectivity index is 2.88. The lowest BCUT2D eigenvalue weighted by Gasteiger charge is -2.07. The molecule has 0 aliphatic rings. The van der Waals surface area contributed by atoms with Gasteiger partial charge in [-0.15, -0.1) is 4.94 Å². The number of nitrogens with zero attached hydrogens (tertiary/aromatic N) is 1. The molecule has 0 saturated heterocycles. The van der Waals surface area contributed by atoms with Gasteiger partial charge in [-0.3, -0.25) is 5.43 Å². The van der Waals surface area contributed by atoms with Crippen LogP contribution in [-0.4, -0.2) is 17.6 Å². The van der Waals surface area contributed by atoms with Crippen LogP contribution in [0.2, 0.25) is 0 Å². The van der Waals surface area contributed by atoms with Crippen LogP contribution >= 0.6 is 11.8 Å². The second-order valence-electron chi connectivity index (χ2n) is 2.34. The van der Waals surface area contributed by atoms with Gasteiger partial charge in [-0.1, -0.05) is 0 Å². The minimum atomic E-state index is -0.435. The normalized spacial score (nSPS) is 9.57. The molecule has 0 bridgehead atoms. The third-order valence-electron chi connectivity index (χ3n) is 1.47. The van der Waals surface area contributed by atoms with E-state index in [4.69, 9.17) is 16.5 Å². The maximum absolute atomic E-state index is 11.4. The Morgan fingerprint density at radius 3 is 3.14 bits per heavy atom. The molecule has 0 unspecified atom stereocenters. The molecule has 5 nitrogen and oxygen atoms in total. The van der Waals surface area contributed by atoms with Crippen molar-refractivity contribution in [3.8, 4) is 0 Å². The van der Waals surface area contributed by atoms with Crippen LogP contribution in [0.3, 0.4) is 0 Å². The Labute approximate surface area is 86.5 Å². The maximum Gasteiger partial charge on any atom is 0.341 e. The van der Waals surface area contributed by atoms with Gasteiger partial charge in [-0.2, -0.15) is 0 Å². The lowest BCUT2D eigenvalue weighted by Crippen LogP contribution is -2.15. The zero-order valence-electron chi connectivity index (χ0n) is 7.58. The van der Waals surface area contributed by atoms with Crippen LogP contribution in [0.1, 0.15) is 17.3 Å². The first-order chi connectivity index (χ1) is 6.79. The van der Waals surface area contributed by atoms with Gasteiger partial charge in [0.05, 0.1) is 6.61 Å². The van der Waals surface area contributed by atoms with E-state index in [2.05, 4.69) is 15.4 Å². The molecule has 6 heteroatoms. The summed E-state index contributed by atoms with van der Waals surface area (Å²) in [5.41, 5.74) is 2.85. The molecule has 1 heterocycles. The summed E-state index contributed by atoms with van der Waals surface area (Å²) in [6.45, 7) is 2.06. The van der Waals surface area contributed by atoms with Crippen LogP contribution in [-0.2, 0) is 4.74 Å². The predicted molar refractivity (Wildman–Crippen MR) is 52.8 cm³/mol. The Kier molecular flexibility index (Phi) is 4.15. The highest BCUT2D eigenvalue weighted by atomic mass is 35.5. The number of aromatic nitrogens is 1. The van der Waals surface area contributed by atoms with Crippen LogP contribution in [0.5, 0.6) is 0 Å². The van der Waals surface area contributed by atoms with Gasteiger partial charge >= 0.3 is 5.97 Å². The molecule has 1 aromatic heterocycles. The average Bonchev–Trinajstić information content (AvgIpc) is 2.19. The Hall–Kier alpha value is -1.33. The number of anilines is 1. The summed E-state index contributed by atoms with van der Waals surface area (Å²) in [5, 5.41) is 0. The molecule has 0 aromatic carbocycles. The lowest BCUT2D eigenvalue weighted by molar-refractivity contribution is 0.0527. The highest BCUT2D eigenvalue weighted by Crippen LogP contribution is 2.11. The molecular weight excluding hydrogens is 206 g/mol. The van der Waals surface area contributed by atoms with E-state index >= 15 is 0 Å². The van der Waals surface area contributed by atoms with Crippen molar-refractivity contribution >= 4 is 23.6 Å². The third kappa shape index (κ3) is 2.58. The summed E-state index contributed by atoms with van der Waals surface area (Å²) in [5.74, 6) is -0.101. The monoisotopic (exact) mass is 215 g/mol. The van der Waals surface area contributed by atoms with Crippen molar-refractivity contribution in [1.29, 1.82) is 0 Å². The third-order valence-corrected chi connectivity index (χ3v) is 1.56. The second-order valence-corrected chi connectivity index (χ2v) is 2.53. The highest BCUT2D eigenvalue weighted by Gasteiger charge is 2.12. The number of rotatable bonds is 4. The summed E-state index contributed by atoms with van der Waals surface area (Å²) in [6, 6.07) is 3.24. The van der Waals surface area contributed by atoms with E-state index in [1.807, 2.05) is 0 Å². The van der Waals surface area contributed by atoms with Crippen LogP contribution in [0.15, 0.2) is 18.3 Å². The molecule has 0 amide bonds. The maximum atomic E-state index is 11.4. The van der Waals surface area contributed by atoms with Crippen molar-refractivity contribution in [2.24, 2.45) is 0 Å². The van der Waals surface area contributed by atoms with Crippen molar-refractivity contribution < 1.29 is 9.53 Å². The predicted octanol–water partition coefficient (Wildman–Crippen LogP) is 1.33. The van der Waals surface area contributed by atoms with Crippen LogP contribution < -0.4 is 10.4 Å². The Bertz CT molecular complexity index is 319. The standard InChI is InChI=1S/C8H10ClN3O2/c1-2-14-8(13)6-4-3-5-10-7(6)11-12-9/h3-5,12H,2H2,1H3,(H,10,11). The quantitative estimate of drug-likeness (QED) is 0.451. The van der Waals surface area contributed by atoms with Gasteiger partial charge in [0.15, 0.2) is 5.82 Å². The van der Waals surface area contributed by atoms with Crippen molar-refractivity contribution in [3.05, 3.63) is 23.9 Å². The molecule has 0 saturated carbocycles. The molecule has 76 valence electrons. The molecule has 0 aliphatic carbocycles. The SMILES string of the molecule is CCOC(=O)c1cccnc1NNCl. The first-order valence-electron chi connectivity index (χ1n) is 4.03. The molecule has 0 spiro atoms. The molecule has 1 aromatic rings. The average molecular weight is 216 g/mol. The molecule has 0 radical (unpaired) electrons. The van der Waals surface area contributed by atoms with Gasteiger partial charge < -0.3 is 4.74 Å². The molecule has 14 heavy (non-hydrogen) atoms. The number of hydrazine groups is 1. The number of hydrogen-bond acceptors (Lipinski definition) is 5. The number of carbonyl (C=O) groups excluding carboxylic acids is 1. The first-order valence-corrected chi connectivity index (χ1v) is 4.41. The van der Waals surface area contributed by atoms with E-state index in [0.29, 0.717) is 18.0 Å². The zero-order chi connectivity index (χ0) is 10.4. The molecule has 0 fully saturated rings. The van der Waals surface area contributed by atoms with Gasteiger partial charge in [0.1, 0.15) is 5.56 Å². The molecular formula is C8H10ClN3O2. The number of pyridine rings is 1. The smallest absolute Gasteiger partial charge is 0.341 e. The van der Waals surface area contributed by atoms with E-state index < -0.39 is 5.97 Å². The van der Waals surface area contributed by atoms with Crippen molar-refractivity contribution in [2.75, 3.05) is 12.0 Å². The number of ether oxygens (including phenoxy) is 1. The summed E-state index contributed by atoms with van der Waals surface area (Å²) >= 11 is 5.24. The number of carbonyl (C=O) groups is 1. The van der Waals surface area contributed by atoms with Gasteiger partial charge in [0, 0.05) is 6.20 Å². The van der Waals surface area contributed by atoms with E-state index in [1.165, 1.54) is 0 Å². The lowest BCUT2D eigenvalue weighted by atomic mass is 10.2. The van der Waals surface area contributed by atoms with Crippen molar-refractivity contribution in [1.82, 2.24) is 9.93 Å². The van der Waals surface area contributed by atoms with Crippen LogP contribution in [0, 0.1) is 0 Å². The minimum Gasteiger partial charge on any atom is -0.462 e. The van der Waals surface area contributed by atoms with Gasteiger partial charge in [-0.25, -0.2) is 9.78 Å². The number of hydrogen-bond donors (Lipinski definition) is 2.